The number of carbonyl (C=O) groups excluding carboxylic acids is 1. The topological polar surface area (TPSA) is 56.3 Å². The van der Waals surface area contributed by atoms with Crippen LogP contribution in [0, 0.1) is 5.82 Å². The lowest BCUT2D eigenvalue weighted by Gasteiger charge is -2.36. The number of H-pyrrole nitrogens is 1. The van der Waals surface area contributed by atoms with E-state index in [1.165, 1.54) is 12.1 Å². The fourth-order valence-corrected chi connectivity index (χ4v) is 3.58. The number of hydrogen-bond donors (Lipinski definition) is 2. The smallest absolute Gasteiger partial charge is 0.254 e. The molecule has 0 saturated carbocycles. The first-order valence-electron chi connectivity index (χ1n) is 8.42. The lowest BCUT2D eigenvalue weighted by atomic mass is 9.87. The number of aliphatic hydroxyl groups excluding tert-OH is 1. The Kier molecular flexibility index (Phi) is 4.01. The van der Waals surface area contributed by atoms with Crippen LogP contribution < -0.4 is 0 Å². The van der Waals surface area contributed by atoms with Crippen molar-refractivity contribution in [2.45, 2.75) is 18.4 Å². The van der Waals surface area contributed by atoms with Crippen LogP contribution in [-0.2, 0) is 0 Å². The van der Waals surface area contributed by atoms with E-state index in [4.69, 9.17) is 0 Å². The number of hydrogen-bond acceptors (Lipinski definition) is 2. The standard InChI is InChI=1S/C20H19FN2O2/c21-16-5-3-13(4-6-16)17-8-10-23(12-19(17)24)20(25)15-2-1-14-7-9-22-18(14)11-15/h1-7,9,11,17,19,22,24H,8,10,12H2/t17-,19+/m0/s1. The van der Waals surface area contributed by atoms with E-state index in [-0.39, 0.29) is 24.2 Å². The van der Waals surface area contributed by atoms with E-state index in [0.29, 0.717) is 18.5 Å². The van der Waals surface area contributed by atoms with Gasteiger partial charge in [-0.05, 0) is 47.7 Å². The zero-order valence-electron chi connectivity index (χ0n) is 13.7. The van der Waals surface area contributed by atoms with Crippen LogP contribution in [0.4, 0.5) is 4.39 Å². The van der Waals surface area contributed by atoms with Crippen LogP contribution in [0.3, 0.4) is 0 Å². The zero-order valence-corrected chi connectivity index (χ0v) is 13.7. The van der Waals surface area contributed by atoms with Gasteiger partial charge in [-0.3, -0.25) is 4.79 Å². The van der Waals surface area contributed by atoms with Gasteiger partial charge in [-0.25, -0.2) is 4.39 Å². The second-order valence-electron chi connectivity index (χ2n) is 6.54. The summed E-state index contributed by atoms with van der Waals surface area (Å²) in [6.07, 6.45) is 1.84. The molecule has 3 aromatic rings. The summed E-state index contributed by atoms with van der Waals surface area (Å²) in [5.41, 5.74) is 2.45. The third kappa shape index (κ3) is 3.03. The SMILES string of the molecule is O=C(c1ccc2cc[nH]c2c1)N1CC[C@@H](c2ccc(F)cc2)[C@H](O)C1. The summed E-state index contributed by atoms with van der Waals surface area (Å²) < 4.78 is 13.1. The molecule has 1 saturated heterocycles. The van der Waals surface area contributed by atoms with Crippen LogP contribution in [0.1, 0.15) is 28.3 Å². The number of fused-ring (bicyclic) bond motifs is 1. The lowest BCUT2D eigenvalue weighted by molar-refractivity contribution is 0.0382. The lowest BCUT2D eigenvalue weighted by Crippen LogP contribution is -2.45. The van der Waals surface area contributed by atoms with E-state index in [0.717, 1.165) is 16.5 Å². The molecule has 2 N–H and O–H groups in total. The maximum atomic E-state index is 13.1. The number of benzene rings is 2. The highest BCUT2D eigenvalue weighted by atomic mass is 19.1. The number of aromatic nitrogens is 1. The molecule has 2 atom stereocenters. The maximum absolute atomic E-state index is 13.1. The van der Waals surface area contributed by atoms with Gasteiger partial charge in [0.15, 0.2) is 0 Å². The summed E-state index contributed by atoms with van der Waals surface area (Å²) in [6, 6.07) is 13.8. The van der Waals surface area contributed by atoms with Crippen molar-refractivity contribution in [2.24, 2.45) is 0 Å². The Labute approximate surface area is 144 Å². The molecule has 128 valence electrons. The number of amides is 1. The number of nitrogens with zero attached hydrogens (tertiary/aromatic N) is 1. The van der Waals surface area contributed by atoms with Crippen LogP contribution in [0.2, 0.25) is 0 Å². The fraction of sp³-hybridized carbons (Fsp3) is 0.250. The maximum Gasteiger partial charge on any atom is 0.254 e. The predicted octanol–water partition coefficient (Wildman–Crippen LogP) is 3.30. The van der Waals surface area contributed by atoms with E-state index < -0.39 is 6.10 Å². The molecule has 5 heteroatoms. The van der Waals surface area contributed by atoms with Crippen molar-refractivity contribution in [3.63, 3.8) is 0 Å². The molecule has 2 heterocycles. The van der Waals surface area contributed by atoms with Crippen molar-refractivity contribution in [1.82, 2.24) is 9.88 Å². The molecule has 0 aliphatic carbocycles. The first kappa shape index (κ1) is 15.8. The van der Waals surface area contributed by atoms with Crippen LogP contribution in [-0.4, -0.2) is 40.1 Å². The molecular weight excluding hydrogens is 319 g/mol. The number of carbonyl (C=O) groups is 1. The van der Waals surface area contributed by atoms with Gasteiger partial charge < -0.3 is 15.0 Å². The number of aliphatic hydroxyl groups is 1. The molecule has 25 heavy (non-hydrogen) atoms. The van der Waals surface area contributed by atoms with Gasteiger partial charge in [0.2, 0.25) is 0 Å². The van der Waals surface area contributed by atoms with Gasteiger partial charge in [-0.2, -0.15) is 0 Å². The Morgan fingerprint density at radius 1 is 1.16 bits per heavy atom. The minimum atomic E-state index is -0.655. The molecule has 1 amide bonds. The third-order valence-electron chi connectivity index (χ3n) is 4.97. The van der Waals surface area contributed by atoms with Crippen molar-refractivity contribution in [3.05, 3.63) is 71.7 Å². The first-order chi connectivity index (χ1) is 12.1. The van der Waals surface area contributed by atoms with Crippen LogP contribution in [0.15, 0.2) is 54.7 Å². The fourth-order valence-electron chi connectivity index (χ4n) is 3.58. The number of halogens is 1. The Balaban J connectivity index is 1.49. The number of rotatable bonds is 2. The number of β-amino-alcohol motifs (C(OH)–C–C–N with tert-alkyl or cyclic N) is 1. The Bertz CT molecular complexity index is 903. The van der Waals surface area contributed by atoms with Gasteiger partial charge in [0.1, 0.15) is 5.82 Å². The van der Waals surface area contributed by atoms with Crippen molar-refractivity contribution >= 4 is 16.8 Å². The molecule has 2 aromatic carbocycles. The monoisotopic (exact) mass is 338 g/mol. The van der Waals surface area contributed by atoms with E-state index >= 15 is 0 Å². The molecule has 4 rings (SSSR count). The van der Waals surface area contributed by atoms with Gasteiger partial charge >= 0.3 is 0 Å². The molecule has 0 radical (unpaired) electrons. The molecule has 0 bridgehead atoms. The summed E-state index contributed by atoms with van der Waals surface area (Å²) in [5.74, 6) is -0.436. The summed E-state index contributed by atoms with van der Waals surface area (Å²) in [6.45, 7) is 0.852. The van der Waals surface area contributed by atoms with E-state index in [2.05, 4.69) is 4.98 Å². The van der Waals surface area contributed by atoms with E-state index in [1.807, 2.05) is 30.5 Å². The molecule has 4 nitrogen and oxygen atoms in total. The molecule has 1 aliphatic heterocycles. The zero-order chi connectivity index (χ0) is 17.4. The Hall–Kier alpha value is -2.66. The van der Waals surface area contributed by atoms with Crippen molar-refractivity contribution in [1.29, 1.82) is 0 Å². The number of piperidine rings is 1. The highest BCUT2D eigenvalue weighted by molar-refractivity contribution is 5.98. The first-order valence-corrected chi connectivity index (χ1v) is 8.42. The van der Waals surface area contributed by atoms with Gasteiger partial charge in [0.25, 0.3) is 5.91 Å². The van der Waals surface area contributed by atoms with Gasteiger partial charge in [-0.15, -0.1) is 0 Å². The highest BCUT2D eigenvalue weighted by Gasteiger charge is 2.31. The quantitative estimate of drug-likeness (QED) is 0.753. The van der Waals surface area contributed by atoms with E-state index in [9.17, 15) is 14.3 Å². The second-order valence-corrected chi connectivity index (χ2v) is 6.54. The van der Waals surface area contributed by atoms with Crippen molar-refractivity contribution < 1.29 is 14.3 Å². The molecule has 0 spiro atoms. The molecule has 1 aromatic heterocycles. The van der Waals surface area contributed by atoms with Crippen LogP contribution in [0.25, 0.3) is 10.9 Å². The number of nitrogens with one attached hydrogen (secondary N) is 1. The second kappa shape index (κ2) is 6.33. The molecule has 1 aliphatic rings. The third-order valence-corrected chi connectivity index (χ3v) is 4.97. The van der Waals surface area contributed by atoms with Crippen molar-refractivity contribution in [2.75, 3.05) is 13.1 Å². The molecule has 1 fully saturated rings. The minimum absolute atomic E-state index is 0.0736. The largest absolute Gasteiger partial charge is 0.391 e. The summed E-state index contributed by atoms with van der Waals surface area (Å²) >= 11 is 0. The average Bonchev–Trinajstić information content (AvgIpc) is 3.09. The summed E-state index contributed by atoms with van der Waals surface area (Å²) in [7, 11) is 0. The van der Waals surface area contributed by atoms with Gasteiger partial charge in [-0.1, -0.05) is 18.2 Å². The highest BCUT2D eigenvalue weighted by Crippen LogP contribution is 2.29. The summed E-state index contributed by atoms with van der Waals surface area (Å²) in [5, 5.41) is 11.6. The number of aromatic amines is 1. The number of likely N-dealkylation sites (tertiary alicyclic amines) is 1. The Morgan fingerprint density at radius 3 is 2.72 bits per heavy atom. The van der Waals surface area contributed by atoms with Crippen molar-refractivity contribution in [3.8, 4) is 0 Å². The van der Waals surface area contributed by atoms with E-state index in [1.54, 1.807) is 17.0 Å². The predicted molar refractivity (Wildman–Crippen MR) is 94.0 cm³/mol. The normalized spacial score (nSPS) is 20.8. The van der Waals surface area contributed by atoms with Crippen LogP contribution in [0.5, 0.6) is 0 Å². The van der Waals surface area contributed by atoms with Gasteiger partial charge in [0, 0.05) is 36.3 Å². The molecule has 0 unspecified atom stereocenters. The average molecular weight is 338 g/mol. The Morgan fingerprint density at radius 2 is 1.96 bits per heavy atom. The minimum Gasteiger partial charge on any atom is -0.391 e. The van der Waals surface area contributed by atoms with Gasteiger partial charge in [0.05, 0.1) is 6.10 Å². The van der Waals surface area contributed by atoms with Crippen LogP contribution >= 0.6 is 0 Å². The molecular formula is C20H19FN2O2. The summed E-state index contributed by atoms with van der Waals surface area (Å²) in [4.78, 5) is 17.5.